The van der Waals surface area contributed by atoms with E-state index in [9.17, 15) is 32.7 Å². The van der Waals surface area contributed by atoms with Crippen molar-refractivity contribution in [1.29, 1.82) is 0 Å². The van der Waals surface area contributed by atoms with E-state index in [1.54, 1.807) is 0 Å². The third-order valence-electron chi connectivity index (χ3n) is 3.96. The van der Waals surface area contributed by atoms with Crippen LogP contribution in [0.2, 0.25) is 5.02 Å². The number of nitrogens with one attached hydrogen (secondary N) is 1. The summed E-state index contributed by atoms with van der Waals surface area (Å²) >= 11 is 6.38. The topological polar surface area (TPSA) is 86.7 Å². The van der Waals surface area contributed by atoms with Crippen molar-refractivity contribution in [3.63, 3.8) is 0 Å². The Bertz CT molecular complexity index is 1070. The molecule has 0 spiro atoms. The lowest BCUT2D eigenvalue weighted by Crippen LogP contribution is -2.36. The minimum Gasteiger partial charge on any atom is -0.507 e. The van der Waals surface area contributed by atoms with Crippen LogP contribution in [0.25, 0.3) is 6.08 Å². The molecule has 0 radical (unpaired) electrons. The number of rotatable bonds is 4. The first-order chi connectivity index (χ1) is 14.1. The number of aromatic hydroxyl groups is 1. The average Bonchev–Trinajstić information content (AvgIpc) is 2.91. The number of carbonyl (C=O) groups excluding carboxylic acids is 3. The number of anilines is 1. The molecule has 30 heavy (non-hydrogen) atoms. The molecule has 1 aliphatic rings. The quantitative estimate of drug-likeness (QED) is 0.649. The minimum atomic E-state index is -4.69. The Morgan fingerprint density at radius 2 is 1.90 bits per heavy atom. The molecule has 0 saturated carbocycles. The summed E-state index contributed by atoms with van der Waals surface area (Å²) in [4.78, 5) is 37.3. The number of para-hydroxylation sites is 1. The minimum absolute atomic E-state index is 0.0685. The number of carbonyl (C=O) groups is 3. The smallest absolute Gasteiger partial charge is 0.418 e. The van der Waals surface area contributed by atoms with Gasteiger partial charge in [-0.05, 0) is 48.2 Å². The average molecular weight is 457 g/mol. The van der Waals surface area contributed by atoms with Crippen molar-refractivity contribution in [3.05, 3.63) is 63.5 Å². The number of benzene rings is 2. The largest absolute Gasteiger partial charge is 0.507 e. The van der Waals surface area contributed by atoms with Crippen molar-refractivity contribution in [3.8, 4) is 5.75 Å². The number of imide groups is 1. The van der Waals surface area contributed by atoms with Crippen molar-refractivity contribution in [1.82, 2.24) is 4.90 Å². The maximum absolute atomic E-state index is 13.0. The fourth-order valence-electron chi connectivity index (χ4n) is 2.59. The lowest BCUT2D eigenvalue weighted by Gasteiger charge is -2.15. The summed E-state index contributed by atoms with van der Waals surface area (Å²) in [6, 6.07) is 8.47. The summed E-state index contributed by atoms with van der Waals surface area (Å²) in [5.41, 5.74) is -1.35. The Balaban J connectivity index is 1.76. The van der Waals surface area contributed by atoms with E-state index in [1.165, 1.54) is 36.4 Å². The van der Waals surface area contributed by atoms with Crippen molar-refractivity contribution >= 4 is 52.2 Å². The molecule has 1 aliphatic heterocycles. The summed E-state index contributed by atoms with van der Waals surface area (Å²) in [6.45, 7) is -0.768. The van der Waals surface area contributed by atoms with E-state index in [2.05, 4.69) is 5.32 Å². The van der Waals surface area contributed by atoms with E-state index in [0.717, 1.165) is 12.1 Å². The number of thioether (sulfide) groups is 1. The summed E-state index contributed by atoms with van der Waals surface area (Å²) in [6.07, 6.45) is -3.45. The maximum atomic E-state index is 13.0. The van der Waals surface area contributed by atoms with Crippen LogP contribution in [-0.4, -0.2) is 33.6 Å². The second-order valence-corrected chi connectivity index (χ2v) is 7.49. The SMILES string of the molecule is O=C(CN1C(=O)S/C(=C\c2cc(Cl)ccc2O)C1=O)Nc1ccccc1C(F)(F)F. The zero-order chi connectivity index (χ0) is 22.1. The highest BCUT2D eigenvalue weighted by atomic mass is 35.5. The van der Waals surface area contributed by atoms with Crippen LogP contribution in [0.1, 0.15) is 11.1 Å². The van der Waals surface area contributed by atoms with Crippen LogP contribution in [0.15, 0.2) is 47.4 Å². The lowest BCUT2D eigenvalue weighted by atomic mass is 10.1. The molecule has 156 valence electrons. The van der Waals surface area contributed by atoms with Crippen molar-refractivity contribution in [2.45, 2.75) is 6.18 Å². The van der Waals surface area contributed by atoms with E-state index >= 15 is 0 Å². The first-order valence-corrected chi connectivity index (χ1v) is 9.45. The summed E-state index contributed by atoms with van der Waals surface area (Å²) in [5.74, 6) is -1.96. The molecule has 3 amide bonds. The van der Waals surface area contributed by atoms with Gasteiger partial charge < -0.3 is 10.4 Å². The Labute approximate surface area is 177 Å². The number of hydrogen-bond acceptors (Lipinski definition) is 5. The van der Waals surface area contributed by atoms with Gasteiger partial charge in [-0.25, -0.2) is 0 Å². The lowest BCUT2D eigenvalue weighted by molar-refractivity contribution is -0.137. The van der Waals surface area contributed by atoms with Crippen molar-refractivity contribution < 1.29 is 32.7 Å². The van der Waals surface area contributed by atoms with Crippen LogP contribution in [0, 0.1) is 0 Å². The zero-order valence-electron chi connectivity index (χ0n) is 14.9. The molecule has 0 aliphatic carbocycles. The van der Waals surface area contributed by atoms with Crippen LogP contribution < -0.4 is 5.32 Å². The van der Waals surface area contributed by atoms with E-state index < -0.39 is 41.0 Å². The number of hydrogen-bond donors (Lipinski definition) is 2. The van der Waals surface area contributed by atoms with Gasteiger partial charge in [0.15, 0.2) is 0 Å². The van der Waals surface area contributed by atoms with Crippen molar-refractivity contribution in [2.24, 2.45) is 0 Å². The second kappa shape index (κ2) is 8.41. The van der Waals surface area contributed by atoms with Gasteiger partial charge in [0.2, 0.25) is 5.91 Å². The van der Waals surface area contributed by atoms with Gasteiger partial charge in [0.05, 0.1) is 16.2 Å². The van der Waals surface area contributed by atoms with Gasteiger partial charge in [-0.2, -0.15) is 13.2 Å². The first kappa shape index (κ1) is 21.7. The molecule has 6 nitrogen and oxygen atoms in total. The van der Waals surface area contributed by atoms with Gasteiger partial charge in [-0.15, -0.1) is 0 Å². The van der Waals surface area contributed by atoms with Crippen LogP contribution >= 0.6 is 23.4 Å². The van der Waals surface area contributed by atoms with Crippen molar-refractivity contribution in [2.75, 3.05) is 11.9 Å². The molecule has 2 aromatic rings. The number of phenolic OH excluding ortho intramolecular Hbond substituents is 1. The molecule has 0 unspecified atom stereocenters. The number of phenols is 1. The summed E-state index contributed by atoms with van der Waals surface area (Å²) < 4.78 is 39.1. The molecule has 1 fully saturated rings. The van der Waals surface area contributed by atoms with Gasteiger partial charge in [-0.3, -0.25) is 19.3 Å². The van der Waals surface area contributed by atoms with Gasteiger partial charge in [0.25, 0.3) is 11.1 Å². The van der Waals surface area contributed by atoms with E-state index in [0.29, 0.717) is 21.7 Å². The van der Waals surface area contributed by atoms with E-state index in [4.69, 9.17) is 11.6 Å². The molecule has 1 heterocycles. The first-order valence-electron chi connectivity index (χ1n) is 8.26. The molecule has 3 rings (SSSR count). The van der Waals surface area contributed by atoms with E-state index in [1.807, 2.05) is 0 Å². The molecule has 0 bridgehead atoms. The Morgan fingerprint density at radius 3 is 2.60 bits per heavy atom. The van der Waals surface area contributed by atoms with Gasteiger partial charge in [0.1, 0.15) is 12.3 Å². The molecule has 0 aromatic heterocycles. The number of amides is 3. The summed E-state index contributed by atoms with van der Waals surface area (Å²) in [5, 5.41) is 11.4. The van der Waals surface area contributed by atoms with Crippen LogP contribution in [0.5, 0.6) is 5.75 Å². The third kappa shape index (κ3) is 4.77. The Kier molecular flexibility index (Phi) is 6.09. The zero-order valence-corrected chi connectivity index (χ0v) is 16.4. The van der Waals surface area contributed by atoms with Gasteiger partial charge in [0, 0.05) is 10.6 Å². The van der Waals surface area contributed by atoms with Gasteiger partial charge in [-0.1, -0.05) is 23.7 Å². The molecule has 0 atom stereocenters. The molecule has 11 heteroatoms. The standard InChI is InChI=1S/C19H12ClF3N2O4S/c20-11-5-6-14(26)10(7-11)8-15-17(28)25(18(29)30-15)9-16(27)24-13-4-2-1-3-12(13)19(21,22)23/h1-8,26H,9H2,(H,24,27)/b15-8-. The fraction of sp³-hybridized carbons (Fsp3) is 0.105. The van der Waals surface area contributed by atoms with Crippen LogP contribution in [0.3, 0.4) is 0 Å². The molecular formula is C19H12ClF3N2O4S. The van der Waals surface area contributed by atoms with E-state index in [-0.39, 0.29) is 16.2 Å². The Hall–Kier alpha value is -2.98. The Morgan fingerprint density at radius 1 is 1.20 bits per heavy atom. The number of alkyl halides is 3. The monoisotopic (exact) mass is 456 g/mol. The molecule has 2 aromatic carbocycles. The summed E-state index contributed by atoms with van der Waals surface area (Å²) in [7, 11) is 0. The highest BCUT2D eigenvalue weighted by molar-refractivity contribution is 8.18. The van der Waals surface area contributed by atoms with Crippen LogP contribution in [-0.2, 0) is 15.8 Å². The normalized spacial score (nSPS) is 15.7. The predicted molar refractivity (Wildman–Crippen MR) is 106 cm³/mol. The predicted octanol–water partition coefficient (Wildman–Crippen LogP) is 4.74. The van der Waals surface area contributed by atoms with Crippen LogP contribution in [0.4, 0.5) is 23.7 Å². The third-order valence-corrected chi connectivity index (χ3v) is 5.10. The number of halogens is 4. The molecule has 1 saturated heterocycles. The van der Waals surface area contributed by atoms with Gasteiger partial charge >= 0.3 is 6.18 Å². The molecule has 2 N–H and O–H groups in total. The highest BCUT2D eigenvalue weighted by Crippen LogP contribution is 2.36. The highest BCUT2D eigenvalue weighted by Gasteiger charge is 2.37. The molecular weight excluding hydrogens is 445 g/mol. The fourth-order valence-corrected chi connectivity index (χ4v) is 3.60. The second-order valence-electron chi connectivity index (χ2n) is 6.06. The maximum Gasteiger partial charge on any atom is 0.418 e. The number of nitrogens with zero attached hydrogens (tertiary/aromatic N) is 1.